The smallest absolute Gasteiger partial charge is 0.0576 e. The number of anilines is 2. The molecule has 0 unspecified atom stereocenters. The van der Waals surface area contributed by atoms with Crippen LogP contribution in [0, 0.1) is 12.3 Å². The predicted octanol–water partition coefficient (Wildman–Crippen LogP) is 3.57. The minimum Gasteiger partial charge on any atom is -0.397 e. The molecule has 2 nitrogen and oxygen atoms in total. The van der Waals surface area contributed by atoms with Gasteiger partial charge in [-0.3, -0.25) is 0 Å². The fraction of sp³-hybridized carbons (Fsp3) is 0.571. The van der Waals surface area contributed by atoms with E-state index in [1.165, 1.54) is 31.2 Å². The maximum absolute atomic E-state index is 5.96. The Balaban J connectivity index is 2.01. The van der Waals surface area contributed by atoms with Crippen LogP contribution in [0.5, 0.6) is 0 Å². The summed E-state index contributed by atoms with van der Waals surface area (Å²) in [5.41, 5.74) is 9.71. The summed E-state index contributed by atoms with van der Waals surface area (Å²) in [6, 6.07) is 6.17. The molecule has 0 aromatic heterocycles. The average molecular weight is 218 g/mol. The van der Waals surface area contributed by atoms with Crippen molar-refractivity contribution in [1.29, 1.82) is 0 Å². The van der Waals surface area contributed by atoms with Crippen LogP contribution in [0.3, 0.4) is 0 Å². The Morgan fingerprint density at radius 1 is 1.38 bits per heavy atom. The van der Waals surface area contributed by atoms with Crippen LogP contribution >= 0.6 is 0 Å². The van der Waals surface area contributed by atoms with Crippen molar-refractivity contribution in [3.8, 4) is 0 Å². The van der Waals surface area contributed by atoms with Crippen molar-refractivity contribution >= 4 is 11.4 Å². The standard InChI is InChI=1S/C14H22N2/c1-3-14(7-4-8-14)10-16-13-9-11(2)5-6-12(13)15/h5-6,9,16H,3-4,7-8,10,15H2,1-2H3. The first-order valence-corrected chi connectivity index (χ1v) is 6.25. The van der Waals surface area contributed by atoms with Crippen LogP contribution in [0.15, 0.2) is 18.2 Å². The molecule has 2 heteroatoms. The summed E-state index contributed by atoms with van der Waals surface area (Å²) in [6.07, 6.45) is 5.38. The van der Waals surface area contributed by atoms with E-state index in [1.807, 2.05) is 6.07 Å². The molecule has 0 atom stereocenters. The SMILES string of the molecule is CCC1(CNc2cc(C)ccc2N)CCC1. The van der Waals surface area contributed by atoms with E-state index < -0.39 is 0 Å². The highest BCUT2D eigenvalue weighted by molar-refractivity contribution is 5.67. The molecule has 0 heterocycles. The second-order valence-corrected chi connectivity index (χ2v) is 5.15. The molecule has 3 N–H and O–H groups in total. The molecule has 16 heavy (non-hydrogen) atoms. The Kier molecular flexibility index (Phi) is 3.08. The van der Waals surface area contributed by atoms with Crippen molar-refractivity contribution in [1.82, 2.24) is 0 Å². The second-order valence-electron chi connectivity index (χ2n) is 5.15. The lowest BCUT2D eigenvalue weighted by molar-refractivity contribution is 0.145. The molecule has 2 rings (SSSR count). The zero-order valence-corrected chi connectivity index (χ0v) is 10.3. The topological polar surface area (TPSA) is 38.0 Å². The summed E-state index contributed by atoms with van der Waals surface area (Å²) in [5.74, 6) is 0. The maximum atomic E-state index is 5.96. The van der Waals surface area contributed by atoms with Gasteiger partial charge in [-0.05, 0) is 49.3 Å². The first-order chi connectivity index (χ1) is 7.65. The molecule has 1 fully saturated rings. The highest BCUT2D eigenvalue weighted by Crippen LogP contribution is 2.43. The lowest BCUT2D eigenvalue weighted by Crippen LogP contribution is -2.35. The zero-order valence-electron chi connectivity index (χ0n) is 10.3. The Morgan fingerprint density at radius 2 is 2.12 bits per heavy atom. The number of hydrogen-bond acceptors (Lipinski definition) is 2. The van der Waals surface area contributed by atoms with E-state index in [0.29, 0.717) is 5.41 Å². The van der Waals surface area contributed by atoms with E-state index >= 15 is 0 Å². The van der Waals surface area contributed by atoms with Gasteiger partial charge in [-0.25, -0.2) is 0 Å². The average Bonchev–Trinajstić information content (AvgIpc) is 2.22. The summed E-state index contributed by atoms with van der Waals surface area (Å²) in [5, 5.41) is 3.52. The van der Waals surface area contributed by atoms with E-state index in [0.717, 1.165) is 17.9 Å². The number of nitrogen functional groups attached to an aromatic ring is 1. The van der Waals surface area contributed by atoms with Gasteiger partial charge in [0.2, 0.25) is 0 Å². The molecule has 0 aliphatic heterocycles. The van der Waals surface area contributed by atoms with Gasteiger partial charge in [-0.2, -0.15) is 0 Å². The van der Waals surface area contributed by atoms with Crippen LogP contribution in [0.4, 0.5) is 11.4 Å². The van der Waals surface area contributed by atoms with Crippen molar-refractivity contribution < 1.29 is 0 Å². The Morgan fingerprint density at radius 3 is 2.69 bits per heavy atom. The molecule has 88 valence electrons. The molecule has 0 bridgehead atoms. The maximum Gasteiger partial charge on any atom is 0.0576 e. The molecule has 1 aromatic rings. The minimum atomic E-state index is 0.538. The van der Waals surface area contributed by atoms with Crippen LogP contribution in [0.25, 0.3) is 0 Å². The van der Waals surface area contributed by atoms with Crippen LogP contribution in [0.1, 0.15) is 38.2 Å². The lowest BCUT2D eigenvalue weighted by atomic mass is 9.67. The monoisotopic (exact) mass is 218 g/mol. The van der Waals surface area contributed by atoms with Gasteiger partial charge in [0.15, 0.2) is 0 Å². The number of rotatable bonds is 4. The normalized spacial score (nSPS) is 17.9. The molecule has 1 saturated carbocycles. The predicted molar refractivity (Wildman–Crippen MR) is 70.7 cm³/mol. The minimum absolute atomic E-state index is 0.538. The molecule has 0 spiro atoms. The van der Waals surface area contributed by atoms with Gasteiger partial charge in [-0.15, -0.1) is 0 Å². The quantitative estimate of drug-likeness (QED) is 0.758. The van der Waals surface area contributed by atoms with Gasteiger partial charge in [0.05, 0.1) is 11.4 Å². The van der Waals surface area contributed by atoms with Crippen molar-refractivity contribution in [2.75, 3.05) is 17.6 Å². The van der Waals surface area contributed by atoms with Crippen LogP contribution in [0.2, 0.25) is 0 Å². The van der Waals surface area contributed by atoms with Gasteiger partial charge >= 0.3 is 0 Å². The van der Waals surface area contributed by atoms with E-state index in [-0.39, 0.29) is 0 Å². The first-order valence-electron chi connectivity index (χ1n) is 6.25. The summed E-state index contributed by atoms with van der Waals surface area (Å²) in [6.45, 7) is 5.46. The van der Waals surface area contributed by atoms with E-state index in [9.17, 15) is 0 Å². The summed E-state index contributed by atoms with van der Waals surface area (Å²) in [4.78, 5) is 0. The van der Waals surface area contributed by atoms with Crippen molar-refractivity contribution in [2.24, 2.45) is 5.41 Å². The van der Waals surface area contributed by atoms with E-state index in [4.69, 9.17) is 5.73 Å². The largest absolute Gasteiger partial charge is 0.397 e. The molecule has 1 aliphatic rings. The first kappa shape index (κ1) is 11.3. The van der Waals surface area contributed by atoms with Crippen LogP contribution in [-0.4, -0.2) is 6.54 Å². The fourth-order valence-corrected chi connectivity index (χ4v) is 2.44. The molecule has 0 amide bonds. The molecule has 1 aliphatic carbocycles. The molecule has 1 aromatic carbocycles. The number of aryl methyl sites for hydroxylation is 1. The summed E-state index contributed by atoms with van der Waals surface area (Å²) in [7, 11) is 0. The van der Waals surface area contributed by atoms with E-state index in [1.54, 1.807) is 0 Å². The van der Waals surface area contributed by atoms with Gasteiger partial charge in [0.1, 0.15) is 0 Å². The number of benzene rings is 1. The highest BCUT2D eigenvalue weighted by atomic mass is 14.9. The number of hydrogen-bond donors (Lipinski definition) is 2. The second kappa shape index (κ2) is 4.36. The van der Waals surface area contributed by atoms with Crippen molar-refractivity contribution in [2.45, 2.75) is 39.5 Å². The Hall–Kier alpha value is -1.18. The molecule has 0 radical (unpaired) electrons. The number of nitrogens with one attached hydrogen (secondary N) is 1. The highest BCUT2D eigenvalue weighted by Gasteiger charge is 2.34. The van der Waals surface area contributed by atoms with Gasteiger partial charge in [0.25, 0.3) is 0 Å². The fourth-order valence-electron chi connectivity index (χ4n) is 2.44. The third-order valence-corrected chi connectivity index (χ3v) is 4.03. The lowest BCUT2D eigenvalue weighted by Gasteiger charge is -2.41. The van der Waals surface area contributed by atoms with Crippen LogP contribution < -0.4 is 11.1 Å². The molecule has 0 saturated heterocycles. The zero-order chi connectivity index (χ0) is 11.6. The number of nitrogens with two attached hydrogens (primary N) is 1. The van der Waals surface area contributed by atoms with Crippen molar-refractivity contribution in [3.63, 3.8) is 0 Å². The third kappa shape index (κ3) is 2.16. The molecular weight excluding hydrogens is 196 g/mol. The Bertz CT molecular complexity index is 361. The van der Waals surface area contributed by atoms with Gasteiger partial charge in [0, 0.05) is 6.54 Å². The third-order valence-electron chi connectivity index (χ3n) is 4.03. The summed E-state index contributed by atoms with van der Waals surface area (Å²) < 4.78 is 0. The van der Waals surface area contributed by atoms with Crippen molar-refractivity contribution in [3.05, 3.63) is 23.8 Å². The summed E-state index contributed by atoms with van der Waals surface area (Å²) >= 11 is 0. The van der Waals surface area contributed by atoms with Gasteiger partial charge in [-0.1, -0.05) is 19.4 Å². The molecular formula is C14H22N2. The van der Waals surface area contributed by atoms with Gasteiger partial charge < -0.3 is 11.1 Å². The van der Waals surface area contributed by atoms with E-state index in [2.05, 4.69) is 31.3 Å². The Labute approximate surface area is 98.2 Å². The van der Waals surface area contributed by atoms with Crippen LogP contribution in [-0.2, 0) is 0 Å².